The fraction of sp³-hybridized carbons (Fsp3) is 0.381. The Morgan fingerprint density at radius 3 is 2.24 bits per heavy atom. The molecule has 3 rings (SSSR count). The molecule has 0 aliphatic carbocycles. The molecular formula is C21H24Cl2N4O6S. The van der Waals surface area contributed by atoms with Gasteiger partial charge in [-0.1, -0.05) is 48.5 Å². The Balaban J connectivity index is 1.71. The quantitative estimate of drug-likeness (QED) is 0.404. The van der Waals surface area contributed by atoms with E-state index in [1.165, 1.54) is 28.6 Å². The molecule has 184 valence electrons. The minimum Gasteiger partial charge on any atom is -0.460 e. The Kier molecular flexibility index (Phi) is 9.09. The number of hydrogen-bond donors (Lipinski definition) is 0. The van der Waals surface area contributed by atoms with E-state index < -0.39 is 16.1 Å². The normalized spacial score (nSPS) is 16.6. The molecule has 1 aromatic carbocycles. The van der Waals surface area contributed by atoms with E-state index >= 15 is 0 Å². The summed E-state index contributed by atoms with van der Waals surface area (Å²) in [4.78, 5) is 12.2. The first-order valence-electron chi connectivity index (χ1n) is 10.2. The van der Waals surface area contributed by atoms with E-state index in [0.717, 1.165) is 0 Å². The number of hydrogen-bond acceptors (Lipinski definition) is 9. The fourth-order valence-corrected chi connectivity index (χ4v) is 5.19. The van der Waals surface area contributed by atoms with E-state index in [1.54, 1.807) is 6.92 Å². The molecule has 1 aliphatic heterocycles. The summed E-state index contributed by atoms with van der Waals surface area (Å²) in [6, 6.07) is 2.80. The summed E-state index contributed by atoms with van der Waals surface area (Å²) in [5.41, 5.74) is 0.608. The van der Waals surface area contributed by atoms with Crippen molar-refractivity contribution in [3.63, 3.8) is 0 Å². The number of halogens is 2. The Hall–Kier alpha value is -2.44. The lowest BCUT2D eigenvalue weighted by atomic mass is 10.2. The highest BCUT2D eigenvalue weighted by molar-refractivity contribution is 7.89. The van der Waals surface area contributed by atoms with Crippen molar-refractivity contribution in [2.24, 2.45) is 0 Å². The molecule has 2 heterocycles. The molecule has 0 saturated carbocycles. The van der Waals surface area contributed by atoms with Gasteiger partial charge >= 0.3 is 18.0 Å². The van der Waals surface area contributed by atoms with Gasteiger partial charge in [0.15, 0.2) is 0 Å². The summed E-state index contributed by atoms with van der Waals surface area (Å²) < 4.78 is 49.7. The van der Waals surface area contributed by atoms with E-state index in [9.17, 15) is 8.42 Å². The highest BCUT2D eigenvalue weighted by Crippen LogP contribution is 2.31. The molecule has 0 bridgehead atoms. The van der Waals surface area contributed by atoms with Crippen molar-refractivity contribution in [3.8, 4) is 18.0 Å². The van der Waals surface area contributed by atoms with E-state index in [-0.39, 0.29) is 67.5 Å². The Morgan fingerprint density at radius 2 is 1.65 bits per heavy atom. The van der Waals surface area contributed by atoms with Gasteiger partial charge in [-0.2, -0.15) is 4.31 Å². The summed E-state index contributed by atoms with van der Waals surface area (Å²) in [6.07, 6.45) is 2.49. The summed E-state index contributed by atoms with van der Waals surface area (Å²) in [5, 5.41) is 0.446. The third-order valence-corrected chi connectivity index (χ3v) is 7.30. The first-order valence-corrected chi connectivity index (χ1v) is 12.4. The standard InChI is InChI=1S/C21H24Cl2N4O6S/c1-4-7-31-19-24-20(32-8-5-2)26-21(25-19)33-13-15-12-27(6-9-30-15)34(28,29)18-10-14(3)16(22)11-17(18)23/h4-5,10-11,15H,1-2,6-9,12-13H2,3H3. The van der Waals surface area contributed by atoms with Crippen LogP contribution in [0.2, 0.25) is 10.0 Å². The highest BCUT2D eigenvalue weighted by atomic mass is 35.5. The van der Waals surface area contributed by atoms with E-state index in [1.807, 2.05) is 0 Å². The Labute approximate surface area is 208 Å². The average molecular weight is 531 g/mol. The number of benzene rings is 1. The lowest BCUT2D eigenvalue weighted by Gasteiger charge is -2.32. The molecule has 13 heteroatoms. The highest BCUT2D eigenvalue weighted by Gasteiger charge is 2.33. The smallest absolute Gasteiger partial charge is 0.326 e. The van der Waals surface area contributed by atoms with Crippen LogP contribution in [0.25, 0.3) is 0 Å². The zero-order valence-electron chi connectivity index (χ0n) is 18.4. The minimum atomic E-state index is -3.87. The minimum absolute atomic E-state index is 0.00882. The van der Waals surface area contributed by atoms with E-state index in [2.05, 4.69) is 28.1 Å². The van der Waals surface area contributed by atoms with Gasteiger partial charge in [0.2, 0.25) is 10.0 Å². The molecule has 34 heavy (non-hydrogen) atoms. The molecule has 0 radical (unpaired) electrons. The number of morpholine rings is 1. The molecule has 0 N–H and O–H groups in total. The third-order valence-electron chi connectivity index (χ3n) is 4.57. The lowest BCUT2D eigenvalue weighted by Crippen LogP contribution is -2.47. The van der Waals surface area contributed by atoms with Crippen LogP contribution < -0.4 is 14.2 Å². The third kappa shape index (κ3) is 6.57. The average Bonchev–Trinajstić information content (AvgIpc) is 2.82. The first kappa shape index (κ1) is 26.2. The largest absolute Gasteiger partial charge is 0.460 e. The number of aromatic nitrogens is 3. The zero-order chi connectivity index (χ0) is 24.7. The van der Waals surface area contributed by atoms with Crippen molar-refractivity contribution < 1.29 is 27.4 Å². The van der Waals surface area contributed by atoms with Crippen LogP contribution >= 0.6 is 23.2 Å². The second-order valence-corrected chi connectivity index (χ2v) is 9.80. The van der Waals surface area contributed by atoms with Crippen molar-refractivity contribution >= 4 is 33.2 Å². The predicted molar refractivity (Wildman–Crippen MR) is 126 cm³/mol. The number of sulfonamides is 1. The van der Waals surface area contributed by atoms with Crippen LogP contribution in [-0.4, -0.2) is 73.3 Å². The number of aryl methyl sites for hydroxylation is 1. The van der Waals surface area contributed by atoms with Gasteiger partial charge in [0, 0.05) is 18.1 Å². The van der Waals surface area contributed by atoms with Crippen molar-refractivity contribution in [2.75, 3.05) is 39.5 Å². The number of nitrogens with zero attached hydrogens (tertiary/aromatic N) is 4. The molecule has 1 saturated heterocycles. The molecule has 0 amide bonds. The van der Waals surface area contributed by atoms with Gasteiger partial charge in [-0.15, -0.1) is 15.0 Å². The Morgan fingerprint density at radius 1 is 1.06 bits per heavy atom. The maximum atomic E-state index is 13.2. The SMILES string of the molecule is C=CCOc1nc(OCC=C)nc(OCC2CN(S(=O)(=O)c3cc(C)c(Cl)cc3Cl)CCO2)n1. The van der Waals surface area contributed by atoms with E-state index in [4.69, 9.17) is 42.1 Å². The predicted octanol–water partition coefficient (Wildman–Crippen LogP) is 3.08. The maximum absolute atomic E-state index is 13.2. The number of rotatable bonds is 11. The van der Waals surface area contributed by atoms with Crippen LogP contribution in [0.1, 0.15) is 5.56 Å². The second-order valence-electron chi connectivity index (χ2n) is 7.08. The zero-order valence-corrected chi connectivity index (χ0v) is 20.8. The summed E-state index contributed by atoms with van der Waals surface area (Å²) in [6.45, 7) is 9.58. The van der Waals surface area contributed by atoms with Crippen molar-refractivity contribution in [1.82, 2.24) is 19.3 Å². The summed E-state index contributed by atoms with van der Waals surface area (Å²) >= 11 is 12.2. The number of ether oxygens (including phenoxy) is 4. The van der Waals surface area contributed by atoms with Crippen LogP contribution in [0.3, 0.4) is 0 Å². The van der Waals surface area contributed by atoms with Gasteiger partial charge in [0.1, 0.15) is 30.8 Å². The van der Waals surface area contributed by atoms with Gasteiger partial charge in [-0.3, -0.25) is 0 Å². The van der Waals surface area contributed by atoms with Crippen LogP contribution in [0.4, 0.5) is 0 Å². The fourth-order valence-electron chi connectivity index (χ4n) is 2.93. The first-order chi connectivity index (χ1) is 16.2. The van der Waals surface area contributed by atoms with Gasteiger partial charge < -0.3 is 18.9 Å². The van der Waals surface area contributed by atoms with Crippen LogP contribution in [0.5, 0.6) is 18.0 Å². The molecule has 1 aliphatic rings. The molecular weight excluding hydrogens is 507 g/mol. The van der Waals surface area contributed by atoms with Gasteiger partial charge in [-0.25, -0.2) is 8.42 Å². The Bertz CT molecular complexity index is 1120. The maximum Gasteiger partial charge on any atom is 0.326 e. The summed E-state index contributed by atoms with van der Waals surface area (Å²) in [5.74, 6) is 0. The molecule has 1 unspecified atom stereocenters. The molecule has 2 aromatic rings. The molecule has 1 aromatic heterocycles. The van der Waals surface area contributed by atoms with Crippen LogP contribution in [0.15, 0.2) is 42.3 Å². The molecule has 0 spiro atoms. The lowest BCUT2D eigenvalue weighted by molar-refractivity contribution is -0.0268. The van der Waals surface area contributed by atoms with Gasteiger partial charge in [0.25, 0.3) is 0 Å². The second kappa shape index (κ2) is 11.8. The molecule has 1 fully saturated rings. The summed E-state index contributed by atoms with van der Waals surface area (Å²) in [7, 11) is -3.87. The van der Waals surface area contributed by atoms with Gasteiger partial charge in [-0.05, 0) is 24.6 Å². The van der Waals surface area contributed by atoms with Gasteiger partial charge in [0.05, 0.1) is 11.6 Å². The van der Waals surface area contributed by atoms with Crippen molar-refractivity contribution in [2.45, 2.75) is 17.9 Å². The van der Waals surface area contributed by atoms with E-state index in [0.29, 0.717) is 10.6 Å². The van der Waals surface area contributed by atoms with Crippen LogP contribution in [-0.2, 0) is 14.8 Å². The monoisotopic (exact) mass is 530 g/mol. The van der Waals surface area contributed by atoms with Crippen molar-refractivity contribution in [1.29, 1.82) is 0 Å². The topological polar surface area (TPSA) is 113 Å². The molecule has 10 nitrogen and oxygen atoms in total. The molecule has 1 atom stereocenters. The van der Waals surface area contributed by atoms with Crippen molar-refractivity contribution in [3.05, 3.63) is 53.1 Å². The van der Waals surface area contributed by atoms with Crippen LogP contribution in [0, 0.1) is 6.92 Å².